The second-order valence-corrected chi connectivity index (χ2v) is 6.43. The highest BCUT2D eigenvalue weighted by atomic mass is 16.3. The normalized spacial score (nSPS) is 11.3. The monoisotopic (exact) mass is 338 g/mol. The highest BCUT2D eigenvalue weighted by molar-refractivity contribution is 5.56. The fourth-order valence-corrected chi connectivity index (χ4v) is 2.90. The van der Waals surface area contributed by atoms with Crippen LogP contribution in [-0.4, -0.2) is 35.2 Å². The molecular weight excluding hydrogens is 312 g/mol. The summed E-state index contributed by atoms with van der Waals surface area (Å²) in [5.74, 6) is 1.75. The average molecular weight is 338 g/mol. The minimum atomic E-state index is 0.786. The third kappa shape index (κ3) is 5.05. The first kappa shape index (κ1) is 17.5. The van der Waals surface area contributed by atoms with E-state index in [1.54, 1.807) is 0 Å². The van der Waals surface area contributed by atoms with Gasteiger partial charge in [0.2, 0.25) is 0 Å². The van der Waals surface area contributed by atoms with Gasteiger partial charge in [-0.1, -0.05) is 30.3 Å². The van der Waals surface area contributed by atoms with Crippen molar-refractivity contribution < 1.29 is 4.42 Å². The number of hydrogen-bond donors (Lipinski definition) is 2. The summed E-state index contributed by atoms with van der Waals surface area (Å²) in [4.78, 5) is 2.35. The van der Waals surface area contributed by atoms with Crippen LogP contribution in [0.1, 0.15) is 23.3 Å². The molecule has 2 N–H and O–H groups in total. The Balaban J connectivity index is 1.39. The fraction of sp³-hybridized carbons (Fsp3) is 0.350. The first-order valence-electron chi connectivity index (χ1n) is 8.74. The smallest absolute Gasteiger partial charge is 0.152 e. The van der Waals surface area contributed by atoms with Crippen LogP contribution in [0, 0.1) is 6.92 Å². The zero-order valence-corrected chi connectivity index (χ0v) is 15.0. The van der Waals surface area contributed by atoms with Crippen molar-refractivity contribution in [3.8, 4) is 11.5 Å². The molecule has 0 atom stereocenters. The molecule has 0 bridgehead atoms. The van der Waals surface area contributed by atoms with Gasteiger partial charge in [0.05, 0.1) is 6.20 Å². The number of H-pyrrole nitrogens is 1. The molecule has 0 spiro atoms. The summed E-state index contributed by atoms with van der Waals surface area (Å²) in [5, 5.41) is 10.7. The van der Waals surface area contributed by atoms with E-state index in [0.717, 1.165) is 55.4 Å². The maximum Gasteiger partial charge on any atom is 0.152 e. The molecule has 0 amide bonds. The lowest BCUT2D eigenvalue weighted by molar-refractivity contribution is 0.319. The molecule has 3 rings (SSSR count). The Morgan fingerprint density at radius 2 is 2.00 bits per heavy atom. The van der Waals surface area contributed by atoms with Gasteiger partial charge >= 0.3 is 0 Å². The van der Waals surface area contributed by atoms with Crippen LogP contribution in [0.25, 0.3) is 11.5 Å². The topological polar surface area (TPSA) is 57.1 Å². The number of aryl methyl sites for hydroxylation is 1. The fourth-order valence-electron chi connectivity index (χ4n) is 2.90. The van der Waals surface area contributed by atoms with Crippen LogP contribution in [0.5, 0.6) is 0 Å². The molecule has 0 aliphatic rings. The van der Waals surface area contributed by atoms with Crippen LogP contribution in [0.3, 0.4) is 0 Å². The molecule has 1 aromatic carbocycles. The summed E-state index contributed by atoms with van der Waals surface area (Å²) in [5.41, 5.74) is 3.45. The molecule has 5 nitrogen and oxygen atoms in total. The number of aromatic nitrogens is 2. The van der Waals surface area contributed by atoms with Crippen molar-refractivity contribution >= 4 is 0 Å². The van der Waals surface area contributed by atoms with Crippen LogP contribution < -0.4 is 5.32 Å². The highest BCUT2D eigenvalue weighted by Gasteiger charge is 2.10. The van der Waals surface area contributed by atoms with E-state index in [4.69, 9.17) is 4.42 Å². The number of benzene rings is 1. The number of rotatable bonds is 9. The molecule has 5 heteroatoms. The van der Waals surface area contributed by atoms with Crippen molar-refractivity contribution in [1.29, 1.82) is 0 Å². The summed E-state index contributed by atoms with van der Waals surface area (Å²) in [6, 6.07) is 14.5. The van der Waals surface area contributed by atoms with Crippen LogP contribution in [-0.2, 0) is 13.1 Å². The zero-order valence-electron chi connectivity index (χ0n) is 15.0. The first-order chi connectivity index (χ1) is 12.2. The van der Waals surface area contributed by atoms with Crippen molar-refractivity contribution in [2.45, 2.75) is 26.4 Å². The number of nitrogens with one attached hydrogen (secondary N) is 2. The molecule has 2 aromatic heterocycles. The van der Waals surface area contributed by atoms with Gasteiger partial charge in [-0.2, -0.15) is 5.10 Å². The van der Waals surface area contributed by atoms with Crippen molar-refractivity contribution in [3.05, 3.63) is 65.5 Å². The number of aromatic amines is 1. The van der Waals surface area contributed by atoms with Gasteiger partial charge < -0.3 is 14.6 Å². The van der Waals surface area contributed by atoms with Gasteiger partial charge in [-0.3, -0.25) is 5.10 Å². The van der Waals surface area contributed by atoms with Crippen LogP contribution in [0.15, 0.2) is 53.1 Å². The average Bonchev–Trinajstić information content (AvgIpc) is 3.24. The van der Waals surface area contributed by atoms with E-state index in [-0.39, 0.29) is 0 Å². The Morgan fingerprint density at radius 3 is 2.76 bits per heavy atom. The van der Waals surface area contributed by atoms with Gasteiger partial charge in [0, 0.05) is 18.7 Å². The van der Waals surface area contributed by atoms with E-state index < -0.39 is 0 Å². The maximum absolute atomic E-state index is 5.68. The van der Waals surface area contributed by atoms with Crippen LogP contribution in [0.4, 0.5) is 0 Å². The van der Waals surface area contributed by atoms with E-state index in [1.165, 1.54) is 5.56 Å². The Bertz CT molecular complexity index is 763. The summed E-state index contributed by atoms with van der Waals surface area (Å²) in [7, 11) is 2.17. The summed E-state index contributed by atoms with van der Waals surface area (Å²) in [6.07, 6.45) is 2.97. The molecular formula is C20H26N4O. The third-order valence-electron chi connectivity index (χ3n) is 4.21. The third-order valence-corrected chi connectivity index (χ3v) is 4.21. The Morgan fingerprint density at radius 1 is 1.16 bits per heavy atom. The summed E-state index contributed by atoms with van der Waals surface area (Å²) >= 11 is 0. The molecule has 132 valence electrons. The van der Waals surface area contributed by atoms with Crippen molar-refractivity contribution in [2.24, 2.45) is 0 Å². The van der Waals surface area contributed by atoms with Crippen molar-refractivity contribution in [2.75, 3.05) is 20.1 Å². The van der Waals surface area contributed by atoms with Crippen LogP contribution in [0.2, 0.25) is 0 Å². The van der Waals surface area contributed by atoms with Crippen molar-refractivity contribution in [1.82, 2.24) is 20.4 Å². The van der Waals surface area contributed by atoms with Crippen LogP contribution >= 0.6 is 0 Å². The van der Waals surface area contributed by atoms with Crippen molar-refractivity contribution in [3.63, 3.8) is 0 Å². The SMILES string of the molecule is Cc1ccc(-c2[nH]ncc2CNCCCN(C)Cc2ccccc2)o1. The van der Waals surface area contributed by atoms with E-state index in [2.05, 4.69) is 57.8 Å². The second-order valence-electron chi connectivity index (χ2n) is 6.43. The Hall–Kier alpha value is -2.37. The zero-order chi connectivity index (χ0) is 17.5. The lowest BCUT2D eigenvalue weighted by atomic mass is 10.2. The van der Waals surface area contributed by atoms with E-state index >= 15 is 0 Å². The maximum atomic E-state index is 5.68. The standard InChI is InChI=1S/C20H26N4O/c1-16-9-10-19(25-16)20-18(14-22-23-20)13-21-11-6-12-24(2)15-17-7-4-3-5-8-17/h3-5,7-10,14,21H,6,11-13,15H2,1-2H3,(H,22,23). The van der Waals surface area contributed by atoms with E-state index in [1.807, 2.05) is 25.3 Å². The molecule has 0 unspecified atom stereocenters. The van der Waals surface area contributed by atoms with Gasteiger partial charge in [-0.15, -0.1) is 0 Å². The van der Waals surface area contributed by atoms with Gasteiger partial charge in [0.15, 0.2) is 5.76 Å². The highest BCUT2D eigenvalue weighted by Crippen LogP contribution is 2.23. The molecule has 0 aliphatic carbocycles. The van der Waals surface area contributed by atoms with E-state index in [0.29, 0.717) is 0 Å². The predicted molar refractivity (Wildman–Crippen MR) is 100 cm³/mol. The molecule has 2 heterocycles. The van der Waals surface area contributed by atoms with Gasteiger partial charge in [-0.05, 0) is 51.2 Å². The lowest BCUT2D eigenvalue weighted by Gasteiger charge is -2.16. The minimum Gasteiger partial charge on any atom is -0.460 e. The largest absolute Gasteiger partial charge is 0.460 e. The summed E-state index contributed by atoms with van der Waals surface area (Å²) < 4.78 is 5.68. The molecule has 25 heavy (non-hydrogen) atoms. The predicted octanol–water partition coefficient (Wildman–Crippen LogP) is 3.59. The summed E-state index contributed by atoms with van der Waals surface area (Å²) in [6.45, 7) is 5.76. The van der Waals surface area contributed by atoms with Gasteiger partial charge in [-0.25, -0.2) is 0 Å². The first-order valence-corrected chi connectivity index (χ1v) is 8.74. The molecule has 0 radical (unpaired) electrons. The molecule has 3 aromatic rings. The van der Waals surface area contributed by atoms with Gasteiger partial charge in [0.1, 0.15) is 11.5 Å². The Kier molecular flexibility index (Phi) is 6.04. The van der Waals surface area contributed by atoms with Gasteiger partial charge in [0.25, 0.3) is 0 Å². The number of hydrogen-bond acceptors (Lipinski definition) is 4. The van der Waals surface area contributed by atoms with E-state index in [9.17, 15) is 0 Å². The number of furan rings is 1. The second kappa shape index (κ2) is 8.65. The number of nitrogens with zero attached hydrogens (tertiary/aromatic N) is 2. The lowest BCUT2D eigenvalue weighted by Crippen LogP contribution is -2.23. The minimum absolute atomic E-state index is 0.786. The Labute approximate surface area is 149 Å². The quantitative estimate of drug-likeness (QED) is 0.586. The molecule has 0 saturated heterocycles. The molecule has 0 saturated carbocycles. The molecule has 0 fully saturated rings. The molecule has 0 aliphatic heterocycles.